The number of amides is 1. The molecule has 2 heterocycles. The minimum Gasteiger partial charge on any atom is -0.339 e. The molecule has 15 heavy (non-hydrogen) atoms. The lowest BCUT2D eigenvalue weighted by molar-refractivity contribution is -0.136. The maximum absolute atomic E-state index is 12.2. The first-order valence-electron chi connectivity index (χ1n) is 6.21. The molecular weight excluding hydrogens is 188 g/mol. The van der Waals surface area contributed by atoms with E-state index in [4.69, 9.17) is 0 Å². The van der Waals surface area contributed by atoms with Crippen molar-refractivity contribution in [3.63, 3.8) is 0 Å². The second-order valence-electron chi connectivity index (χ2n) is 5.17. The molecule has 0 bridgehead atoms. The van der Waals surface area contributed by atoms with Crippen LogP contribution >= 0.6 is 0 Å². The average Bonchev–Trinajstić information content (AvgIpc) is 2.88. The minimum atomic E-state index is 0.254. The van der Waals surface area contributed by atoms with Crippen LogP contribution in [0.5, 0.6) is 0 Å². The van der Waals surface area contributed by atoms with Crippen molar-refractivity contribution in [2.45, 2.75) is 39.2 Å². The van der Waals surface area contributed by atoms with Crippen LogP contribution in [-0.2, 0) is 4.79 Å². The Balaban J connectivity index is 1.99. The number of nitrogens with zero attached hydrogens (tertiary/aromatic N) is 1. The summed E-state index contributed by atoms with van der Waals surface area (Å²) in [6.45, 7) is 7.33. The van der Waals surface area contributed by atoms with Gasteiger partial charge in [-0.2, -0.15) is 0 Å². The summed E-state index contributed by atoms with van der Waals surface area (Å²) < 4.78 is 0. The molecule has 2 atom stereocenters. The highest BCUT2D eigenvalue weighted by Gasteiger charge is 2.35. The zero-order valence-electron chi connectivity index (χ0n) is 9.83. The zero-order valence-corrected chi connectivity index (χ0v) is 9.83. The fraction of sp³-hybridized carbons (Fsp3) is 0.917. The Kier molecular flexibility index (Phi) is 3.29. The minimum absolute atomic E-state index is 0.254. The van der Waals surface area contributed by atoms with Gasteiger partial charge in [0.25, 0.3) is 0 Å². The Morgan fingerprint density at radius 3 is 2.80 bits per heavy atom. The molecule has 0 saturated carbocycles. The summed E-state index contributed by atoms with van der Waals surface area (Å²) in [4.78, 5) is 14.4. The molecule has 3 nitrogen and oxygen atoms in total. The predicted molar refractivity (Wildman–Crippen MR) is 60.5 cm³/mol. The van der Waals surface area contributed by atoms with Crippen molar-refractivity contribution in [1.82, 2.24) is 10.2 Å². The normalized spacial score (nSPS) is 31.5. The summed E-state index contributed by atoms with van der Waals surface area (Å²) in [6, 6.07) is 0.498. The third kappa shape index (κ3) is 2.17. The third-order valence-corrected chi connectivity index (χ3v) is 3.76. The average molecular weight is 210 g/mol. The summed E-state index contributed by atoms with van der Waals surface area (Å²) in [5.74, 6) is 1.26. The van der Waals surface area contributed by atoms with Gasteiger partial charge in [0.15, 0.2) is 0 Å². The van der Waals surface area contributed by atoms with Crippen LogP contribution < -0.4 is 5.32 Å². The van der Waals surface area contributed by atoms with Crippen LogP contribution in [0.15, 0.2) is 0 Å². The quantitative estimate of drug-likeness (QED) is 0.744. The van der Waals surface area contributed by atoms with E-state index in [1.807, 2.05) is 0 Å². The Labute approximate surface area is 92.2 Å². The van der Waals surface area contributed by atoms with Crippen LogP contribution in [0, 0.1) is 11.8 Å². The smallest absolute Gasteiger partial charge is 0.227 e. The highest BCUT2D eigenvalue weighted by atomic mass is 16.2. The zero-order chi connectivity index (χ0) is 10.8. The van der Waals surface area contributed by atoms with Gasteiger partial charge in [-0.05, 0) is 31.7 Å². The summed E-state index contributed by atoms with van der Waals surface area (Å²) in [5.41, 5.74) is 0. The fourth-order valence-corrected chi connectivity index (χ4v) is 2.86. The third-order valence-electron chi connectivity index (χ3n) is 3.76. The van der Waals surface area contributed by atoms with Crippen LogP contribution in [0.1, 0.15) is 33.1 Å². The predicted octanol–water partition coefficient (Wildman–Crippen LogP) is 1.24. The maximum atomic E-state index is 12.2. The second kappa shape index (κ2) is 4.52. The molecule has 0 aromatic carbocycles. The van der Waals surface area contributed by atoms with Gasteiger partial charge in [0, 0.05) is 19.1 Å². The molecule has 3 heteroatoms. The van der Waals surface area contributed by atoms with Gasteiger partial charge in [-0.3, -0.25) is 4.79 Å². The number of hydrogen-bond donors (Lipinski definition) is 1. The molecule has 2 rings (SSSR count). The van der Waals surface area contributed by atoms with E-state index >= 15 is 0 Å². The first-order valence-corrected chi connectivity index (χ1v) is 6.21. The van der Waals surface area contributed by atoms with Crippen LogP contribution in [0.3, 0.4) is 0 Å². The molecule has 1 amide bonds. The van der Waals surface area contributed by atoms with Crippen molar-refractivity contribution in [3.05, 3.63) is 0 Å². The van der Waals surface area contributed by atoms with Gasteiger partial charge >= 0.3 is 0 Å². The van der Waals surface area contributed by atoms with Crippen molar-refractivity contribution >= 4 is 5.91 Å². The van der Waals surface area contributed by atoms with Gasteiger partial charge in [-0.15, -0.1) is 0 Å². The number of rotatable bonds is 2. The SMILES string of the molecule is CC(C)C1CCCN1C(=O)[C@H]1CCNC1. The molecule has 1 N–H and O–H groups in total. The number of carbonyl (C=O) groups is 1. The van der Waals surface area contributed by atoms with Gasteiger partial charge in [-0.1, -0.05) is 13.8 Å². The Morgan fingerprint density at radius 2 is 2.20 bits per heavy atom. The van der Waals surface area contributed by atoms with Crippen LogP contribution in [0.2, 0.25) is 0 Å². The van der Waals surface area contributed by atoms with E-state index in [-0.39, 0.29) is 5.92 Å². The Hall–Kier alpha value is -0.570. The van der Waals surface area contributed by atoms with Crippen LogP contribution in [0.25, 0.3) is 0 Å². The Morgan fingerprint density at radius 1 is 1.40 bits per heavy atom. The number of hydrogen-bond acceptors (Lipinski definition) is 2. The highest BCUT2D eigenvalue weighted by Crippen LogP contribution is 2.26. The van der Waals surface area contributed by atoms with Crippen molar-refractivity contribution in [2.24, 2.45) is 11.8 Å². The monoisotopic (exact) mass is 210 g/mol. The lowest BCUT2D eigenvalue weighted by atomic mass is 10.00. The molecule has 2 aliphatic rings. The van der Waals surface area contributed by atoms with Gasteiger partial charge in [0.05, 0.1) is 5.92 Å². The van der Waals surface area contributed by atoms with Crippen LogP contribution in [0.4, 0.5) is 0 Å². The van der Waals surface area contributed by atoms with Gasteiger partial charge in [0.1, 0.15) is 0 Å². The fourth-order valence-electron chi connectivity index (χ4n) is 2.86. The maximum Gasteiger partial charge on any atom is 0.227 e. The van der Waals surface area contributed by atoms with E-state index in [2.05, 4.69) is 24.1 Å². The highest BCUT2D eigenvalue weighted by molar-refractivity contribution is 5.80. The standard InChI is InChI=1S/C12H22N2O/c1-9(2)11-4-3-7-14(11)12(15)10-5-6-13-8-10/h9-11,13H,3-8H2,1-2H3/t10-,11?/m0/s1. The molecule has 0 aliphatic carbocycles. The first kappa shape index (κ1) is 10.9. The van der Waals surface area contributed by atoms with Crippen molar-refractivity contribution in [3.8, 4) is 0 Å². The van der Waals surface area contributed by atoms with Crippen molar-refractivity contribution in [2.75, 3.05) is 19.6 Å². The number of carbonyl (C=O) groups excluding carboxylic acids is 1. The molecule has 0 spiro atoms. The molecule has 2 fully saturated rings. The van der Waals surface area contributed by atoms with Gasteiger partial charge < -0.3 is 10.2 Å². The molecular formula is C12H22N2O. The van der Waals surface area contributed by atoms with E-state index in [0.29, 0.717) is 17.9 Å². The summed E-state index contributed by atoms with van der Waals surface area (Å²) in [5, 5.41) is 3.27. The van der Waals surface area contributed by atoms with E-state index < -0.39 is 0 Å². The molecule has 2 aliphatic heterocycles. The van der Waals surface area contributed by atoms with Crippen LogP contribution in [-0.4, -0.2) is 36.5 Å². The molecule has 0 radical (unpaired) electrons. The second-order valence-corrected chi connectivity index (χ2v) is 5.17. The van der Waals surface area contributed by atoms with E-state index in [1.54, 1.807) is 0 Å². The molecule has 0 aromatic heterocycles. The lowest BCUT2D eigenvalue weighted by Gasteiger charge is -2.29. The first-order chi connectivity index (χ1) is 7.20. The molecule has 86 valence electrons. The van der Waals surface area contributed by atoms with Gasteiger partial charge in [-0.25, -0.2) is 0 Å². The number of nitrogens with one attached hydrogen (secondary N) is 1. The lowest BCUT2D eigenvalue weighted by Crippen LogP contribution is -2.42. The van der Waals surface area contributed by atoms with Gasteiger partial charge in [0.2, 0.25) is 5.91 Å². The largest absolute Gasteiger partial charge is 0.339 e. The Bertz CT molecular complexity index is 234. The van der Waals surface area contributed by atoms with E-state index in [9.17, 15) is 4.79 Å². The molecule has 0 aromatic rings. The van der Waals surface area contributed by atoms with Crippen molar-refractivity contribution in [1.29, 1.82) is 0 Å². The van der Waals surface area contributed by atoms with Crippen molar-refractivity contribution < 1.29 is 4.79 Å². The number of likely N-dealkylation sites (tertiary alicyclic amines) is 1. The molecule has 2 saturated heterocycles. The molecule has 1 unspecified atom stereocenters. The summed E-state index contributed by atoms with van der Waals surface area (Å²) >= 11 is 0. The van der Waals surface area contributed by atoms with E-state index in [1.165, 1.54) is 12.8 Å². The van der Waals surface area contributed by atoms with E-state index in [0.717, 1.165) is 26.1 Å². The summed E-state index contributed by atoms with van der Waals surface area (Å²) in [6.07, 6.45) is 3.42. The summed E-state index contributed by atoms with van der Waals surface area (Å²) in [7, 11) is 0. The topological polar surface area (TPSA) is 32.3 Å².